The first-order valence-electron chi connectivity index (χ1n) is 15.0. The Bertz CT molecular complexity index is 820. The number of hydrogen-bond acceptors (Lipinski definition) is 4. The van der Waals surface area contributed by atoms with Crippen LogP contribution in [0.5, 0.6) is 0 Å². The summed E-state index contributed by atoms with van der Waals surface area (Å²) in [7, 11) is 0. The highest BCUT2D eigenvalue weighted by atomic mass is 16.6. The average Bonchev–Trinajstić information content (AvgIpc) is 2.93. The molecular weight excluding hydrogens is 472 g/mol. The first-order valence-corrected chi connectivity index (χ1v) is 15.0. The first-order chi connectivity index (χ1) is 18.5. The van der Waals surface area contributed by atoms with E-state index in [1.807, 2.05) is 36.4 Å². The smallest absolute Gasteiger partial charge is 0.306 e. The molecule has 0 bridgehead atoms. The molecule has 2 aromatic rings. The Balaban J connectivity index is 1.99. The van der Waals surface area contributed by atoms with Crippen LogP contribution in [0.15, 0.2) is 60.7 Å². The van der Waals surface area contributed by atoms with Crippen LogP contribution >= 0.6 is 0 Å². The van der Waals surface area contributed by atoms with Crippen molar-refractivity contribution in [3.63, 3.8) is 0 Å². The predicted molar refractivity (Wildman–Crippen MR) is 156 cm³/mol. The number of esters is 2. The van der Waals surface area contributed by atoms with Crippen LogP contribution in [-0.2, 0) is 31.9 Å². The summed E-state index contributed by atoms with van der Waals surface area (Å²) in [6.45, 7) is 8.71. The van der Waals surface area contributed by atoms with Crippen LogP contribution in [-0.4, -0.2) is 24.1 Å². The molecule has 0 saturated heterocycles. The molecule has 0 fully saturated rings. The van der Waals surface area contributed by atoms with Crippen molar-refractivity contribution in [2.24, 2.45) is 11.8 Å². The predicted octanol–water partition coefficient (Wildman–Crippen LogP) is 8.51. The van der Waals surface area contributed by atoms with E-state index in [9.17, 15) is 9.59 Å². The van der Waals surface area contributed by atoms with Crippen LogP contribution in [0, 0.1) is 11.8 Å². The molecule has 0 aliphatic rings. The van der Waals surface area contributed by atoms with Crippen molar-refractivity contribution in [2.45, 2.75) is 117 Å². The fourth-order valence-electron chi connectivity index (χ4n) is 5.20. The quantitative estimate of drug-likeness (QED) is 0.174. The molecule has 0 saturated carbocycles. The minimum absolute atomic E-state index is 0.0537. The molecule has 0 aliphatic carbocycles. The van der Waals surface area contributed by atoms with Crippen LogP contribution in [0.4, 0.5) is 0 Å². The van der Waals surface area contributed by atoms with Gasteiger partial charge < -0.3 is 9.47 Å². The van der Waals surface area contributed by atoms with Gasteiger partial charge in [0.05, 0.1) is 12.8 Å². The molecule has 2 aromatic carbocycles. The van der Waals surface area contributed by atoms with Gasteiger partial charge in [0.1, 0.15) is 12.2 Å². The van der Waals surface area contributed by atoms with Crippen molar-refractivity contribution in [3.05, 3.63) is 71.8 Å². The molecule has 4 unspecified atom stereocenters. The molecule has 0 N–H and O–H groups in total. The molecular formula is C34H50O4. The van der Waals surface area contributed by atoms with Gasteiger partial charge in [0.15, 0.2) is 0 Å². The largest absolute Gasteiger partial charge is 0.462 e. The SMILES string of the molecule is CCCCC(CC)C(Cc1ccccc1)OC(=O)CCC(=O)OC(Cc1ccccc1)C(CC)CCCC. The molecule has 0 spiro atoms. The molecule has 0 aliphatic heterocycles. The molecule has 4 atom stereocenters. The molecule has 4 nitrogen and oxygen atoms in total. The van der Waals surface area contributed by atoms with Crippen LogP contribution in [0.25, 0.3) is 0 Å². The van der Waals surface area contributed by atoms with Gasteiger partial charge >= 0.3 is 11.9 Å². The maximum Gasteiger partial charge on any atom is 0.306 e. The summed E-state index contributed by atoms with van der Waals surface area (Å²) in [6, 6.07) is 20.4. The Hall–Kier alpha value is -2.62. The minimum atomic E-state index is -0.310. The summed E-state index contributed by atoms with van der Waals surface area (Å²) in [5.41, 5.74) is 2.34. The Morgan fingerprint density at radius 3 is 1.29 bits per heavy atom. The highest BCUT2D eigenvalue weighted by Crippen LogP contribution is 2.25. The monoisotopic (exact) mass is 522 g/mol. The third-order valence-corrected chi connectivity index (χ3v) is 7.62. The third kappa shape index (κ3) is 11.8. The number of hydrogen-bond donors (Lipinski definition) is 0. The zero-order valence-corrected chi connectivity index (χ0v) is 24.2. The van der Waals surface area contributed by atoms with Crippen molar-refractivity contribution in [3.8, 4) is 0 Å². The zero-order chi connectivity index (χ0) is 27.6. The number of benzene rings is 2. The number of carbonyl (C=O) groups excluding carboxylic acids is 2. The van der Waals surface area contributed by atoms with Gasteiger partial charge in [-0.1, -0.05) is 114 Å². The van der Waals surface area contributed by atoms with E-state index >= 15 is 0 Å². The van der Waals surface area contributed by atoms with Gasteiger partial charge in [-0.25, -0.2) is 0 Å². The summed E-state index contributed by atoms with van der Waals surface area (Å²) in [4.78, 5) is 25.8. The van der Waals surface area contributed by atoms with Crippen molar-refractivity contribution < 1.29 is 19.1 Å². The van der Waals surface area contributed by atoms with E-state index in [0.29, 0.717) is 24.7 Å². The molecule has 2 rings (SSSR count). The lowest BCUT2D eigenvalue weighted by Gasteiger charge is -2.27. The second-order valence-electron chi connectivity index (χ2n) is 10.6. The number of ether oxygens (including phenoxy) is 2. The molecule has 0 aromatic heterocycles. The molecule has 0 amide bonds. The van der Waals surface area contributed by atoms with Crippen molar-refractivity contribution >= 4 is 11.9 Å². The van der Waals surface area contributed by atoms with Crippen LogP contribution < -0.4 is 0 Å². The van der Waals surface area contributed by atoms with Crippen LogP contribution in [0.3, 0.4) is 0 Å². The summed E-state index contributed by atoms with van der Waals surface area (Å²) in [6.07, 6.45) is 9.63. The second-order valence-corrected chi connectivity index (χ2v) is 10.6. The van der Waals surface area contributed by atoms with E-state index in [-0.39, 0.29) is 37.0 Å². The van der Waals surface area contributed by atoms with Crippen molar-refractivity contribution in [1.82, 2.24) is 0 Å². The maximum atomic E-state index is 12.9. The Morgan fingerprint density at radius 1 is 0.605 bits per heavy atom. The number of rotatable bonds is 19. The lowest BCUT2D eigenvalue weighted by molar-refractivity contribution is -0.159. The molecule has 210 valence electrons. The standard InChI is InChI=1S/C34H50O4/c1-5-9-21-29(7-3)31(25-27-17-13-11-14-18-27)37-33(35)23-24-34(36)38-32(30(8-4)22-10-6-2)26-28-19-15-12-16-20-28/h11-20,29-32H,5-10,21-26H2,1-4H3. The third-order valence-electron chi connectivity index (χ3n) is 7.62. The molecule has 4 heteroatoms. The number of unbranched alkanes of at least 4 members (excludes halogenated alkanes) is 2. The van der Waals surface area contributed by atoms with Gasteiger partial charge in [0, 0.05) is 12.8 Å². The highest BCUT2D eigenvalue weighted by Gasteiger charge is 2.27. The fraction of sp³-hybridized carbons (Fsp3) is 0.588. The van der Waals surface area contributed by atoms with E-state index in [0.717, 1.165) is 51.4 Å². The van der Waals surface area contributed by atoms with Crippen molar-refractivity contribution in [1.29, 1.82) is 0 Å². The minimum Gasteiger partial charge on any atom is -0.462 e. The summed E-state index contributed by atoms with van der Waals surface area (Å²) < 4.78 is 12.1. The second kappa shape index (κ2) is 18.6. The van der Waals surface area contributed by atoms with Gasteiger partial charge in [-0.05, 0) is 48.6 Å². The van der Waals surface area contributed by atoms with Gasteiger partial charge in [-0.15, -0.1) is 0 Å². The lowest BCUT2D eigenvalue weighted by Crippen LogP contribution is -2.31. The fourth-order valence-corrected chi connectivity index (χ4v) is 5.20. The van der Waals surface area contributed by atoms with Gasteiger partial charge in [-0.3, -0.25) is 9.59 Å². The maximum absolute atomic E-state index is 12.9. The number of carbonyl (C=O) groups is 2. The summed E-state index contributed by atoms with van der Waals surface area (Å²) in [5, 5.41) is 0. The van der Waals surface area contributed by atoms with E-state index in [1.54, 1.807) is 0 Å². The van der Waals surface area contributed by atoms with Crippen molar-refractivity contribution in [2.75, 3.05) is 0 Å². The first kappa shape index (κ1) is 31.6. The molecule has 0 heterocycles. The highest BCUT2D eigenvalue weighted by molar-refractivity contribution is 5.77. The summed E-state index contributed by atoms with van der Waals surface area (Å²) >= 11 is 0. The summed E-state index contributed by atoms with van der Waals surface area (Å²) in [5.74, 6) is 0.00121. The van der Waals surface area contributed by atoms with E-state index in [1.165, 1.54) is 11.1 Å². The van der Waals surface area contributed by atoms with Crippen LogP contribution in [0.2, 0.25) is 0 Å². The normalized spacial score (nSPS) is 14.3. The van der Waals surface area contributed by atoms with Gasteiger partial charge in [0.2, 0.25) is 0 Å². The average molecular weight is 523 g/mol. The Labute approximate surface area is 231 Å². The topological polar surface area (TPSA) is 52.6 Å². The van der Waals surface area contributed by atoms with E-state index < -0.39 is 0 Å². The van der Waals surface area contributed by atoms with E-state index in [2.05, 4.69) is 52.0 Å². The van der Waals surface area contributed by atoms with Gasteiger partial charge in [0.25, 0.3) is 0 Å². The van der Waals surface area contributed by atoms with Crippen LogP contribution in [0.1, 0.15) is 103 Å². The Morgan fingerprint density at radius 2 is 0.974 bits per heavy atom. The van der Waals surface area contributed by atoms with E-state index in [4.69, 9.17) is 9.47 Å². The molecule has 38 heavy (non-hydrogen) atoms. The Kier molecular flexibility index (Phi) is 15.5. The lowest BCUT2D eigenvalue weighted by atomic mass is 9.89. The zero-order valence-electron chi connectivity index (χ0n) is 24.2. The molecule has 0 radical (unpaired) electrons. The van der Waals surface area contributed by atoms with Gasteiger partial charge in [-0.2, -0.15) is 0 Å².